The zero-order valence-electron chi connectivity index (χ0n) is 7.14. The van der Waals surface area contributed by atoms with Crippen LogP contribution in [0.3, 0.4) is 0 Å². The molecule has 0 heterocycles. The smallest absolute Gasteiger partial charge is 0.190 e. The van der Waals surface area contributed by atoms with Crippen molar-refractivity contribution in [1.29, 1.82) is 5.26 Å². The van der Waals surface area contributed by atoms with Gasteiger partial charge in [0.25, 0.3) is 0 Å². The molecular formula is C9H12FNO. The molecule has 0 aromatic heterocycles. The second-order valence-corrected chi connectivity index (χ2v) is 2.58. The molecule has 0 bridgehead atoms. The number of hydrogen-bond acceptors (Lipinski definition) is 2. The Labute approximate surface area is 71.7 Å². The number of carbonyl (C=O) groups excluding carboxylic acids is 1. The summed E-state index contributed by atoms with van der Waals surface area (Å²) in [7, 11) is 0. The lowest BCUT2D eigenvalue weighted by molar-refractivity contribution is -0.115. The summed E-state index contributed by atoms with van der Waals surface area (Å²) in [5.41, 5.74) is 0.214. The number of hydrogen-bond donors (Lipinski definition) is 0. The number of rotatable bonds is 5. The maximum atomic E-state index is 12.4. The number of nitrogens with zero attached hydrogens (tertiary/aromatic N) is 1. The molecular weight excluding hydrogens is 157 g/mol. The van der Waals surface area contributed by atoms with Crippen molar-refractivity contribution in [2.45, 2.75) is 32.4 Å². The summed E-state index contributed by atoms with van der Waals surface area (Å²) in [6, 6.07) is 1.41. The van der Waals surface area contributed by atoms with E-state index < -0.39 is 6.17 Å². The van der Waals surface area contributed by atoms with Gasteiger partial charge in [-0.3, -0.25) is 4.79 Å². The largest absolute Gasteiger partial charge is 0.295 e. The van der Waals surface area contributed by atoms with Crippen molar-refractivity contribution >= 4 is 5.78 Å². The predicted octanol–water partition coefficient (Wildman–Crippen LogP) is 2.16. The van der Waals surface area contributed by atoms with E-state index in [-0.39, 0.29) is 17.8 Å². The summed E-state index contributed by atoms with van der Waals surface area (Å²) in [4.78, 5) is 11.0. The molecule has 1 atom stereocenters. The van der Waals surface area contributed by atoms with Crippen molar-refractivity contribution in [3.63, 3.8) is 0 Å². The Balaban J connectivity index is 3.89. The van der Waals surface area contributed by atoms with Gasteiger partial charge in [0, 0.05) is 12.8 Å². The Morgan fingerprint density at radius 3 is 2.75 bits per heavy atom. The molecule has 66 valence electrons. The van der Waals surface area contributed by atoms with Crippen molar-refractivity contribution < 1.29 is 9.18 Å². The highest BCUT2D eigenvalue weighted by Crippen LogP contribution is 2.09. The van der Waals surface area contributed by atoms with E-state index in [1.807, 2.05) is 6.92 Å². The fourth-order valence-electron chi connectivity index (χ4n) is 0.780. The molecule has 0 aromatic carbocycles. The van der Waals surface area contributed by atoms with Gasteiger partial charge in [-0.15, -0.1) is 0 Å². The molecule has 2 nitrogen and oxygen atoms in total. The minimum absolute atomic E-state index is 0.143. The molecule has 1 unspecified atom stereocenters. The molecule has 12 heavy (non-hydrogen) atoms. The van der Waals surface area contributed by atoms with Crippen LogP contribution in [0.25, 0.3) is 0 Å². The van der Waals surface area contributed by atoms with Crippen LogP contribution in [0, 0.1) is 11.3 Å². The first-order valence-corrected chi connectivity index (χ1v) is 3.86. The van der Waals surface area contributed by atoms with Crippen molar-refractivity contribution in [1.82, 2.24) is 0 Å². The normalized spacial score (nSPS) is 11.8. The number of alkyl halides is 1. The van der Waals surface area contributed by atoms with Gasteiger partial charge in [-0.1, -0.05) is 13.5 Å². The Morgan fingerprint density at radius 2 is 2.33 bits per heavy atom. The summed E-state index contributed by atoms with van der Waals surface area (Å²) in [6.07, 6.45) is -0.647. The van der Waals surface area contributed by atoms with Crippen LogP contribution in [-0.4, -0.2) is 12.0 Å². The first kappa shape index (κ1) is 10.8. The van der Waals surface area contributed by atoms with Crippen LogP contribution < -0.4 is 0 Å². The zero-order chi connectivity index (χ0) is 9.56. The molecule has 0 saturated carbocycles. The van der Waals surface area contributed by atoms with Crippen LogP contribution >= 0.6 is 0 Å². The molecule has 0 aliphatic heterocycles. The zero-order valence-corrected chi connectivity index (χ0v) is 7.14. The van der Waals surface area contributed by atoms with Crippen LogP contribution in [0.15, 0.2) is 12.2 Å². The van der Waals surface area contributed by atoms with Gasteiger partial charge < -0.3 is 0 Å². The number of nitriles is 1. The lowest BCUT2D eigenvalue weighted by Gasteiger charge is -2.02. The maximum absolute atomic E-state index is 12.4. The first-order chi connectivity index (χ1) is 5.61. The van der Waals surface area contributed by atoms with Crippen LogP contribution in [0.1, 0.15) is 26.2 Å². The monoisotopic (exact) mass is 169 g/mol. The molecule has 0 saturated heterocycles. The third-order valence-electron chi connectivity index (χ3n) is 1.44. The molecule has 0 fully saturated rings. The lowest BCUT2D eigenvalue weighted by Crippen LogP contribution is -2.06. The minimum Gasteiger partial charge on any atom is -0.295 e. The molecule has 3 heteroatoms. The minimum atomic E-state index is -1.60. The molecule has 0 radical (unpaired) electrons. The molecule has 0 amide bonds. The van der Waals surface area contributed by atoms with E-state index in [0.29, 0.717) is 6.42 Å². The second-order valence-electron chi connectivity index (χ2n) is 2.58. The predicted molar refractivity (Wildman–Crippen MR) is 44.2 cm³/mol. The van der Waals surface area contributed by atoms with Gasteiger partial charge in [-0.05, 0) is 12.0 Å². The molecule has 0 aromatic rings. The number of carbonyl (C=O) groups is 1. The van der Waals surface area contributed by atoms with Crippen LogP contribution in [0.4, 0.5) is 4.39 Å². The van der Waals surface area contributed by atoms with Gasteiger partial charge in [0.15, 0.2) is 12.0 Å². The van der Waals surface area contributed by atoms with E-state index in [4.69, 9.17) is 5.26 Å². The van der Waals surface area contributed by atoms with Crippen molar-refractivity contribution in [3.8, 4) is 6.07 Å². The molecule has 0 aliphatic carbocycles. The first-order valence-electron chi connectivity index (χ1n) is 3.86. The quantitative estimate of drug-likeness (QED) is 0.592. The van der Waals surface area contributed by atoms with Crippen LogP contribution in [0.2, 0.25) is 0 Å². The summed E-state index contributed by atoms with van der Waals surface area (Å²) >= 11 is 0. The van der Waals surface area contributed by atoms with Crippen molar-refractivity contribution in [3.05, 3.63) is 12.2 Å². The summed E-state index contributed by atoms with van der Waals surface area (Å²) in [5.74, 6) is -0.143. The lowest BCUT2D eigenvalue weighted by atomic mass is 10.0. The molecule has 0 N–H and O–H groups in total. The Kier molecular flexibility index (Phi) is 4.94. The van der Waals surface area contributed by atoms with Crippen LogP contribution in [-0.2, 0) is 4.79 Å². The summed E-state index contributed by atoms with van der Waals surface area (Å²) in [6.45, 7) is 5.28. The van der Waals surface area contributed by atoms with Gasteiger partial charge in [-0.2, -0.15) is 5.26 Å². The van der Waals surface area contributed by atoms with Crippen LogP contribution in [0.5, 0.6) is 0 Å². The fraction of sp³-hybridized carbons (Fsp3) is 0.556. The Bertz CT molecular complexity index is 217. The Hall–Kier alpha value is -1.17. The third kappa shape index (κ3) is 3.87. The van der Waals surface area contributed by atoms with E-state index >= 15 is 0 Å². The van der Waals surface area contributed by atoms with E-state index in [2.05, 4.69) is 6.58 Å². The topological polar surface area (TPSA) is 40.9 Å². The van der Waals surface area contributed by atoms with E-state index in [9.17, 15) is 9.18 Å². The summed E-state index contributed by atoms with van der Waals surface area (Å²) in [5, 5.41) is 8.12. The number of Topliss-reactive ketones (excluding diaryl/α,β-unsaturated/α-hetero) is 1. The number of ketones is 1. The number of halogens is 1. The Morgan fingerprint density at radius 1 is 1.75 bits per heavy atom. The average molecular weight is 169 g/mol. The second kappa shape index (κ2) is 5.48. The van der Waals surface area contributed by atoms with Gasteiger partial charge in [0.05, 0.1) is 0 Å². The highest BCUT2D eigenvalue weighted by molar-refractivity contribution is 5.94. The van der Waals surface area contributed by atoms with Gasteiger partial charge in [0.2, 0.25) is 0 Å². The summed E-state index contributed by atoms with van der Waals surface area (Å²) < 4.78 is 12.4. The molecule has 0 rings (SSSR count). The standard InChI is InChI=1S/C9H12FNO/c1-3-4-9(12)7(2)5-8(10)6-11/h8H,2-5H2,1H3. The molecule has 0 aliphatic rings. The molecule has 0 spiro atoms. The van der Waals surface area contributed by atoms with Crippen molar-refractivity contribution in [2.24, 2.45) is 0 Å². The van der Waals surface area contributed by atoms with Gasteiger partial charge >= 0.3 is 0 Å². The van der Waals surface area contributed by atoms with Gasteiger partial charge in [0.1, 0.15) is 6.07 Å². The van der Waals surface area contributed by atoms with Crippen molar-refractivity contribution in [2.75, 3.05) is 0 Å². The average Bonchev–Trinajstić information content (AvgIpc) is 2.04. The van der Waals surface area contributed by atoms with E-state index in [1.165, 1.54) is 6.07 Å². The van der Waals surface area contributed by atoms with Gasteiger partial charge in [-0.25, -0.2) is 4.39 Å². The highest BCUT2D eigenvalue weighted by atomic mass is 19.1. The SMILES string of the molecule is C=C(CC(F)C#N)C(=O)CCC. The fourth-order valence-corrected chi connectivity index (χ4v) is 0.780. The third-order valence-corrected chi connectivity index (χ3v) is 1.44. The van der Waals surface area contributed by atoms with E-state index in [0.717, 1.165) is 6.42 Å². The maximum Gasteiger partial charge on any atom is 0.190 e. The van der Waals surface area contributed by atoms with E-state index in [1.54, 1.807) is 0 Å². The number of allylic oxidation sites excluding steroid dienone is 1. The highest BCUT2D eigenvalue weighted by Gasteiger charge is 2.11.